The Morgan fingerprint density at radius 1 is 1.15 bits per heavy atom. The van der Waals surface area contributed by atoms with Gasteiger partial charge in [-0.15, -0.1) is 0 Å². The summed E-state index contributed by atoms with van der Waals surface area (Å²) in [5.74, 6) is 0. The van der Waals surface area contributed by atoms with Gasteiger partial charge in [-0.3, -0.25) is 4.90 Å². The van der Waals surface area contributed by atoms with Crippen LogP contribution in [0.5, 0.6) is 0 Å². The van der Waals surface area contributed by atoms with Crippen molar-refractivity contribution >= 4 is 16.7 Å². The minimum atomic E-state index is -0.229. The number of rotatable bonds is 3. The standard InChI is InChI=1S/C16H20N2O2/c1-2-7-17-8-10-18(11-9-17)14-12-13-5-3-4-6-15(13)20-16(14)19/h3-6,12H,2,7-11H2,1H3. The Labute approximate surface area is 118 Å². The number of piperazine rings is 1. The largest absolute Gasteiger partial charge is 0.421 e. The molecule has 0 radical (unpaired) electrons. The number of hydrogen-bond donors (Lipinski definition) is 0. The fourth-order valence-electron chi connectivity index (χ4n) is 2.80. The van der Waals surface area contributed by atoms with Crippen molar-refractivity contribution in [3.63, 3.8) is 0 Å². The predicted molar refractivity (Wildman–Crippen MR) is 81.4 cm³/mol. The number of benzene rings is 1. The van der Waals surface area contributed by atoms with Crippen LogP contribution < -0.4 is 10.5 Å². The maximum atomic E-state index is 12.1. The van der Waals surface area contributed by atoms with Crippen LogP contribution >= 0.6 is 0 Å². The van der Waals surface area contributed by atoms with E-state index in [1.165, 1.54) is 6.42 Å². The molecule has 1 fully saturated rings. The van der Waals surface area contributed by atoms with Crippen LogP contribution in [-0.4, -0.2) is 37.6 Å². The molecule has 0 aliphatic carbocycles. The summed E-state index contributed by atoms with van der Waals surface area (Å²) >= 11 is 0. The summed E-state index contributed by atoms with van der Waals surface area (Å²) in [6.07, 6.45) is 1.18. The zero-order chi connectivity index (χ0) is 13.9. The SMILES string of the molecule is CCCN1CCN(c2cc3ccccc3oc2=O)CC1. The average Bonchev–Trinajstić information content (AvgIpc) is 2.48. The topological polar surface area (TPSA) is 36.7 Å². The molecule has 106 valence electrons. The maximum absolute atomic E-state index is 12.1. The molecule has 0 spiro atoms. The third kappa shape index (κ3) is 2.56. The zero-order valence-corrected chi connectivity index (χ0v) is 11.8. The Kier molecular flexibility index (Phi) is 3.74. The van der Waals surface area contributed by atoms with E-state index in [-0.39, 0.29) is 5.63 Å². The van der Waals surface area contributed by atoms with Crippen LogP contribution in [0.4, 0.5) is 5.69 Å². The molecule has 0 amide bonds. The second-order valence-corrected chi connectivity index (χ2v) is 5.29. The summed E-state index contributed by atoms with van der Waals surface area (Å²) in [5.41, 5.74) is 1.12. The minimum Gasteiger partial charge on any atom is -0.421 e. The molecule has 0 N–H and O–H groups in total. The van der Waals surface area contributed by atoms with Gasteiger partial charge >= 0.3 is 5.63 Å². The van der Waals surface area contributed by atoms with Crippen LogP contribution in [-0.2, 0) is 0 Å². The summed E-state index contributed by atoms with van der Waals surface area (Å²) in [6.45, 7) is 7.15. The molecule has 1 aromatic heterocycles. The molecule has 1 aromatic carbocycles. The number of nitrogens with zero attached hydrogens (tertiary/aromatic N) is 2. The van der Waals surface area contributed by atoms with Gasteiger partial charge in [0.05, 0.1) is 0 Å². The van der Waals surface area contributed by atoms with Crippen LogP contribution in [0.3, 0.4) is 0 Å². The molecule has 2 aromatic rings. The number of fused-ring (bicyclic) bond motifs is 1. The lowest BCUT2D eigenvalue weighted by molar-refractivity contribution is 0.258. The monoisotopic (exact) mass is 272 g/mol. The van der Waals surface area contributed by atoms with Gasteiger partial charge in [-0.05, 0) is 25.1 Å². The van der Waals surface area contributed by atoms with Crippen molar-refractivity contribution in [2.75, 3.05) is 37.6 Å². The van der Waals surface area contributed by atoms with Crippen LogP contribution in [0.15, 0.2) is 39.5 Å². The van der Waals surface area contributed by atoms with Gasteiger partial charge in [0.1, 0.15) is 11.3 Å². The van der Waals surface area contributed by atoms with E-state index in [4.69, 9.17) is 4.42 Å². The molecule has 2 heterocycles. The Bertz CT molecular complexity index is 642. The van der Waals surface area contributed by atoms with E-state index in [0.717, 1.165) is 38.1 Å². The zero-order valence-electron chi connectivity index (χ0n) is 11.8. The highest BCUT2D eigenvalue weighted by Crippen LogP contribution is 2.19. The Hall–Kier alpha value is -1.81. The van der Waals surface area contributed by atoms with Crippen molar-refractivity contribution < 1.29 is 4.42 Å². The first-order valence-corrected chi connectivity index (χ1v) is 7.28. The molecule has 3 rings (SSSR count). The van der Waals surface area contributed by atoms with Crippen molar-refractivity contribution in [3.05, 3.63) is 40.8 Å². The van der Waals surface area contributed by atoms with Crippen LogP contribution in [0.25, 0.3) is 11.0 Å². The first kappa shape index (κ1) is 13.2. The van der Waals surface area contributed by atoms with Gasteiger partial charge < -0.3 is 9.32 Å². The number of hydrogen-bond acceptors (Lipinski definition) is 4. The third-order valence-electron chi connectivity index (χ3n) is 3.88. The predicted octanol–water partition coefficient (Wildman–Crippen LogP) is 2.33. The molecule has 1 aliphatic heterocycles. The van der Waals surface area contributed by atoms with Crippen LogP contribution in [0.1, 0.15) is 13.3 Å². The molecule has 1 aliphatic rings. The van der Waals surface area contributed by atoms with Gasteiger partial charge in [0, 0.05) is 31.6 Å². The van der Waals surface area contributed by atoms with Gasteiger partial charge in [-0.25, -0.2) is 4.79 Å². The van der Waals surface area contributed by atoms with Crippen LogP contribution in [0.2, 0.25) is 0 Å². The third-order valence-corrected chi connectivity index (χ3v) is 3.88. The molecule has 4 heteroatoms. The Morgan fingerprint density at radius 2 is 1.90 bits per heavy atom. The van der Waals surface area contributed by atoms with Crippen molar-refractivity contribution in [1.29, 1.82) is 0 Å². The highest BCUT2D eigenvalue weighted by atomic mass is 16.4. The van der Waals surface area contributed by atoms with Crippen molar-refractivity contribution in [1.82, 2.24) is 4.90 Å². The quantitative estimate of drug-likeness (QED) is 0.804. The number of anilines is 1. The summed E-state index contributed by atoms with van der Waals surface area (Å²) in [5, 5.41) is 0.984. The highest BCUT2D eigenvalue weighted by molar-refractivity contribution is 5.79. The maximum Gasteiger partial charge on any atom is 0.360 e. The summed E-state index contributed by atoms with van der Waals surface area (Å²) < 4.78 is 5.41. The van der Waals surface area contributed by atoms with E-state index in [9.17, 15) is 4.79 Å². The molecule has 0 unspecified atom stereocenters. The lowest BCUT2D eigenvalue weighted by atomic mass is 10.2. The van der Waals surface area contributed by atoms with Crippen molar-refractivity contribution in [3.8, 4) is 0 Å². The molecule has 4 nitrogen and oxygen atoms in total. The van der Waals surface area contributed by atoms with E-state index >= 15 is 0 Å². The van der Waals surface area contributed by atoms with E-state index in [1.807, 2.05) is 30.3 Å². The second kappa shape index (κ2) is 5.67. The Balaban J connectivity index is 1.84. The molecule has 0 bridgehead atoms. The van der Waals surface area contributed by atoms with Gasteiger partial charge in [-0.1, -0.05) is 25.1 Å². The normalized spacial score (nSPS) is 16.8. The minimum absolute atomic E-state index is 0.229. The molecule has 0 atom stereocenters. The van der Waals surface area contributed by atoms with Gasteiger partial charge in [0.2, 0.25) is 0 Å². The Morgan fingerprint density at radius 3 is 2.65 bits per heavy atom. The van der Waals surface area contributed by atoms with Crippen LogP contribution in [0, 0.1) is 0 Å². The molecule has 1 saturated heterocycles. The summed E-state index contributed by atoms with van der Waals surface area (Å²) in [6, 6.07) is 9.62. The highest BCUT2D eigenvalue weighted by Gasteiger charge is 2.19. The second-order valence-electron chi connectivity index (χ2n) is 5.29. The van der Waals surface area contributed by atoms with E-state index in [0.29, 0.717) is 11.3 Å². The molecular formula is C16H20N2O2. The van der Waals surface area contributed by atoms with E-state index < -0.39 is 0 Å². The summed E-state index contributed by atoms with van der Waals surface area (Å²) in [4.78, 5) is 16.7. The fourth-order valence-corrected chi connectivity index (χ4v) is 2.80. The first-order valence-electron chi connectivity index (χ1n) is 7.28. The van der Waals surface area contributed by atoms with Gasteiger partial charge in [0.25, 0.3) is 0 Å². The molecule has 20 heavy (non-hydrogen) atoms. The molecule has 0 saturated carbocycles. The average molecular weight is 272 g/mol. The van der Waals surface area contributed by atoms with E-state index in [2.05, 4.69) is 16.7 Å². The number of para-hydroxylation sites is 1. The first-order chi connectivity index (χ1) is 9.78. The van der Waals surface area contributed by atoms with Crippen molar-refractivity contribution in [2.45, 2.75) is 13.3 Å². The van der Waals surface area contributed by atoms with E-state index in [1.54, 1.807) is 0 Å². The molecular weight excluding hydrogens is 252 g/mol. The van der Waals surface area contributed by atoms with Gasteiger partial charge in [0.15, 0.2) is 0 Å². The summed E-state index contributed by atoms with van der Waals surface area (Å²) in [7, 11) is 0. The lowest BCUT2D eigenvalue weighted by Crippen LogP contribution is -2.47. The smallest absolute Gasteiger partial charge is 0.360 e. The lowest BCUT2D eigenvalue weighted by Gasteiger charge is -2.35. The van der Waals surface area contributed by atoms with Crippen molar-refractivity contribution in [2.24, 2.45) is 0 Å². The van der Waals surface area contributed by atoms with Gasteiger partial charge in [-0.2, -0.15) is 0 Å². The fraction of sp³-hybridized carbons (Fsp3) is 0.438.